The highest BCUT2D eigenvalue weighted by molar-refractivity contribution is 7.89. The molecule has 0 fully saturated rings. The molecule has 0 heterocycles. The molecular weight excluding hydrogens is 448 g/mol. The third kappa shape index (κ3) is 7.26. The molecule has 1 amide bonds. The van der Waals surface area contributed by atoms with E-state index in [4.69, 9.17) is 18.9 Å². The fourth-order valence-electron chi connectivity index (χ4n) is 2.92. The molecule has 0 aliphatic rings. The average molecular weight is 481 g/mol. The summed E-state index contributed by atoms with van der Waals surface area (Å²) in [5.74, 6) is 1.83. The van der Waals surface area contributed by atoms with Crippen molar-refractivity contribution in [1.82, 2.24) is 9.62 Å². The van der Waals surface area contributed by atoms with Gasteiger partial charge in [0.05, 0.1) is 26.2 Å². The zero-order valence-corrected chi connectivity index (χ0v) is 20.7. The second-order valence-corrected chi connectivity index (χ2v) is 9.56. The van der Waals surface area contributed by atoms with Gasteiger partial charge in [0.25, 0.3) is 5.91 Å². The molecule has 10 heteroatoms. The van der Waals surface area contributed by atoms with Crippen molar-refractivity contribution in [3.63, 3.8) is 0 Å². The Kier molecular flexibility index (Phi) is 9.36. The summed E-state index contributed by atoms with van der Waals surface area (Å²) < 4.78 is 48.6. The van der Waals surface area contributed by atoms with E-state index in [9.17, 15) is 13.2 Å². The van der Waals surface area contributed by atoms with E-state index in [2.05, 4.69) is 4.72 Å². The molecule has 2 aromatic rings. The van der Waals surface area contributed by atoms with Crippen LogP contribution in [0.4, 0.5) is 0 Å². The van der Waals surface area contributed by atoms with Gasteiger partial charge < -0.3 is 23.8 Å². The highest BCUT2D eigenvalue weighted by Crippen LogP contribution is 2.38. The van der Waals surface area contributed by atoms with Gasteiger partial charge in [-0.25, -0.2) is 13.1 Å². The molecule has 0 aliphatic carbocycles. The van der Waals surface area contributed by atoms with Gasteiger partial charge >= 0.3 is 0 Å². The number of hydrogen-bond acceptors (Lipinski definition) is 7. The lowest BCUT2D eigenvalue weighted by atomic mass is 10.1. The zero-order chi connectivity index (χ0) is 24.6. The van der Waals surface area contributed by atoms with Crippen molar-refractivity contribution in [2.75, 3.05) is 41.5 Å². The fraction of sp³-hybridized carbons (Fsp3) is 0.435. The van der Waals surface area contributed by atoms with Crippen LogP contribution >= 0.6 is 0 Å². The van der Waals surface area contributed by atoms with Crippen molar-refractivity contribution in [3.05, 3.63) is 42.0 Å². The van der Waals surface area contributed by atoms with Gasteiger partial charge in [0, 0.05) is 20.1 Å². The molecule has 2 rings (SSSR count). The maximum atomic E-state index is 12.5. The number of amides is 1. The normalized spacial score (nSPS) is 11.2. The predicted molar refractivity (Wildman–Crippen MR) is 125 cm³/mol. The Morgan fingerprint density at radius 1 is 1.00 bits per heavy atom. The number of carbonyl (C=O) groups is 1. The Morgan fingerprint density at radius 3 is 2.06 bits per heavy atom. The molecule has 33 heavy (non-hydrogen) atoms. The van der Waals surface area contributed by atoms with Crippen LogP contribution in [-0.4, -0.2) is 60.8 Å². The maximum absolute atomic E-state index is 12.5. The van der Waals surface area contributed by atoms with Gasteiger partial charge in [0.2, 0.25) is 15.8 Å². The van der Waals surface area contributed by atoms with Gasteiger partial charge in [-0.1, -0.05) is 13.8 Å². The van der Waals surface area contributed by atoms with Gasteiger partial charge in [-0.05, 0) is 47.9 Å². The van der Waals surface area contributed by atoms with Crippen molar-refractivity contribution in [2.45, 2.75) is 25.3 Å². The summed E-state index contributed by atoms with van der Waals surface area (Å²) in [6.45, 7) is 4.31. The summed E-state index contributed by atoms with van der Waals surface area (Å²) in [5.41, 5.74) is 0.795. The Balaban J connectivity index is 1.98. The Labute approximate surface area is 195 Å². The summed E-state index contributed by atoms with van der Waals surface area (Å²) in [5, 5.41) is 0. The monoisotopic (exact) mass is 480 g/mol. The highest BCUT2D eigenvalue weighted by Gasteiger charge is 2.17. The van der Waals surface area contributed by atoms with Crippen molar-refractivity contribution in [3.8, 4) is 23.0 Å². The highest BCUT2D eigenvalue weighted by atomic mass is 32.2. The van der Waals surface area contributed by atoms with Crippen LogP contribution < -0.4 is 23.7 Å². The van der Waals surface area contributed by atoms with Crippen LogP contribution in [0.15, 0.2) is 41.3 Å². The number of benzene rings is 2. The van der Waals surface area contributed by atoms with Crippen LogP contribution in [0.1, 0.15) is 19.4 Å². The van der Waals surface area contributed by atoms with Crippen molar-refractivity contribution in [1.29, 1.82) is 0 Å². The molecule has 2 aromatic carbocycles. The first-order valence-corrected chi connectivity index (χ1v) is 11.8. The van der Waals surface area contributed by atoms with Gasteiger partial charge in [0.1, 0.15) is 5.75 Å². The quantitative estimate of drug-likeness (QED) is 0.498. The molecule has 0 aliphatic heterocycles. The van der Waals surface area contributed by atoms with Crippen LogP contribution in [0.3, 0.4) is 0 Å². The lowest BCUT2D eigenvalue weighted by Crippen LogP contribution is -2.31. The van der Waals surface area contributed by atoms with Crippen LogP contribution in [0.25, 0.3) is 0 Å². The van der Waals surface area contributed by atoms with E-state index in [1.165, 1.54) is 50.5 Å². The largest absolute Gasteiger partial charge is 0.493 e. The van der Waals surface area contributed by atoms with Crippen LogP contribution in [0.2, 0.25) is 0 Å². The van der Waals surface area contributed by atoms with E-state index >= 15 is 0 Å². The molecule has 0 aromatic heterocycles. The van der Waals surface area contributed by atoms with Crippen molar-refractivity contribution in [2.24, 2.45) is 5.92 Å². The second-order valence-electron chi connectivity index (χ2n) is 7.79. The van der Waals surface area contributed by atoms with E-state index in [1.807, 2.05) is 13.8 Å². The standard InChI is InChI=1S/C23H32N2O7S/c1-16(2)13-24-33(27,28)19-9-7-18(8-10-19)32-15-22(26)25(3)14-17-11-20(29-4)23(31-6)21(12-17)30-5/h7-12,16,24H,13-15H2,1-6H3. The number of carbonyl (C=O) groups excluding carboxylic acids is 1. The van der Waals surface area contributed by atoms with Gasteiger partial charge in [-0.2, -0.15) is 0 Å². The smallest absolute Gasteiger partial charge is 0.260 e. The zero-order valence-electron chi connectivity index (χ0n) is 19.9. The minimum atomic E-state index is -3.58. The number of nitrogens with one attached hydrogen (secondary N) is 1. The molecule has 0 radical (unpaired) electrons. The minimum absolute atomic E-state index is 0.140. The third-order valence-electron chi connectivity index (χ3n) is 4.75. The molecule has 0 saturated carbocycles. The molecule has 0 atom stereocenters. The number of sulfonamides is 1. The van der Waals surface area contributed by atoms with Crippen molar-refractivity contribution < 1.29 is 32.2 Å². The number of likely N-dealkylation sites (N-methyl/N-ethyl adjacent to an activating group) is 1. The summed E-state index contributed by atoms with van der Waals surface area (Å²) in [6, 6.07) is 9.49. The lowest BCUT2D eigenvalue weighted by molar-refractivity contribution is -0.132. The summed E-state index contributed by atoms with van der Waals surface area (Å²) in [4.78, 5) is 14.2. The first-order chi connectivity index (χ1) is 15.6. The fourth-order valence-corrected chi connectivity index (χ4v) is 4.13. The van der Waals surface area contributed by atoms with E-state index in [0.717, 1.165) is 5.56 Å². The lowest BCUT2D eigenvalue weighted by Gasteiger charge is -2.20. The SMILES string of the molecule is COc1cc(CN(C)C(=O)COc2ccc(S(=O)(=O)NCC(C)C)cc2)cc(OC)c1OC. The number of methoxy groups -OCH3 is 3. The topological polar surface area (TPSA) is 103 Å². The Morgan fingerprint density at radius 2 is 1.58 bits per heavy atom. The first-order valence-electron chi connectivity index (χ1n) is 10.4. The molecule has 0 saturated heterocycles. The van der Waals surface area contributed by atoms with Gasteiger partial charge in [-0.15, -0.1) is 0 Å². The number of hydrogen-bond donors (Lipinski definition) is 1. The van der Waals surface area contributed by atoms with E-state index in [-0.39, 0.29) is 23.3 Å². The van der Waals surface area contributed by atoms with Crippen LogP contribution in [-0.2, 0) is 21.4 Å². The Hall–Kier alpha value is -2.98. The molecule has 182 valence electrons. The third-order valence-corrected chi connectivity index (χ3v) is 6.19. The Bertz CT molecular complexity index is 1010. The molecule has 9 nitrogen and oxygen atoms in total. The summed E-state index contributed by atoms with van der Waals surface area (Å²) in [7, 11) is 2.66. The van der Waals surface area contributed by atoms with E-state index in [1.54, 1.807) is 19.2 Å². The number of rotatable bonds is 12. The second kappa shape index (κ2) is 11.8. The van der Waals surface area contributed by atoms with Gasteiger partial charge in [-0.3, -0.25) is 4.79 Å². The van der Waals surface area contributed by atoms with Crippen LogP contribution in [0.5, 0.6) is 23.0 Å². The van der Waals surface area contributed by atoms with Crippen LogP contribution in [0, 0.1) is 5.92 Å². The maximum Gasteiger partial charge on any atom is 0.260 e. The molecule has 1 N–H and O–H groups in total. The molecular formula is C23H32N2O7S. The molecule has 0 spiro atoms. The average Bonchev–Trinajstić information content (AvgIpc) is 2.80. The predicted octanol–water partition coefficient (Wildman–Crippen LogP) is 2.68. The van der Waals surface area contributed by atoms with E-state index in [0.29, 0.717) is 36.1 Å². The van der Waals surface area contributed by atoms with Crippen molar-refractivity contribution >= 4 is 15.9 Å². The summed E-state index contributed by atoms with van der Waals surface area (Å²) >= 11 is 0. The van der Waals surface area contributed by atoms with Gasteiger partial charge in [0.15, 0.2) is 18.1 Å². The minimum Gasteiger partial charge on any atom is -0.493 e. The number of ether oxygens (including phenoxy) is 4. The molecule has 0 bridgehead atoms. The first kappa shape index (κ1) is 26.3. The van der Waals surface area contributed by atoms with E-state index < -0.39 is 10.0 Å². The molecule has 0 unspecified atom stereocenters. The number of nitrogens with zero attached hydrogens (tertiary/aromatic N) is 1. The summed E-state index contributed by atoms with van der Waals surface area (Å²) in [6.07, 6.45) is 0.